The molecule has 17 heavy (non-hydrogen) atoms. The van der Waals surface area contributed by atoms with Crippen LogP contribution < -0.4 is 10.5 Å². The Kier molecular flexibility index (Phi) is 6.40. The molecule has 0 aliphatic carbocycles. The molecule has 0 saturated carbocycles. The molecule has 0 heterocycles. The lowest BCUT2D eigenvalue weighted by Gasteiger charge is -2.17. The molecule has 2 N–H and O–H groups in total. The van der Waals surface area contributed by atoms with Gasteiger partial charge in [0.15, 0.2) is 0 Å². The lowest BCUT2D eigenvalue weighted by Crippen LogP contribution is -2.20. The fourth-order valence-corrected chi connectivity index (χ4v) is 2.22. The summed E-state index contributed by atoms with van der Waals surface area (Å²) >= 11 is 1.87. The fraction of sp³-hybridized carbons (Fsp3) is 0.538. The second-order valence-electron chi connectivity index (χ2n) is 4.08. The monoisotopic (exact) mass is 254 g/mol. The van der Waals surface area contributed by atoms with Gasteiger partial charge in [-0.1, -0.05) is 6.07 Å². The van der Waals surface area contributed by atoms with Gasteiger partial charge in [-0.15, -0.1) is 0 Å². The van der Waals surface area contributed by atoms with Crippen LogP contribution in [-0.4, -0.2) is 37.6 Å². The van der Waals surface area contributed by atoms with E-state index in [9.17, 15) is 0 Å². The summed E-state index contributed by atoms with van der Waals surface area (Å²) < 4.78 is 5.26. The summed E-state index contributed by atoms with van der Waals surface area (Å²) in [7, 11) is 3.82. The van der Waals surface area contributed by atoms with Gasteiger partial charge < -0.3 is 15.4 Å². The van der Waals surface area contributed by atoms with Gasteiger partial charge in [0.05, 0.1) is 7.11 Å². The molecular formula is C13H22N2OS. The molecule has 0 unspecified atom stereocenters. The minimum Gasteiger partial charge on any atom is -0.496 e. The summed E-state index contributed by atoms with van der Waals surface area (Å²) in [4.78, 5) is 2.32. The normalized spacial score (nSPS) is 10.9. The number of rotatable bonds is 7. The van der Waals surface area contributed by atoms with E-state index in [0.29, 0.717) is 6.54 Å². The predicted molar refractivity (Wildman–Crippen MR) is 75.6 cm³/mol. The first-order valence-electron chi connectivity index (χ1n) is 5.74. The van der Waals surface area contributed by atoms with E-state index in [-0.39, 0.29) is 0 Å². The topological polar surface area (TPSA) is 38.5 Å². The molecule has 1 aromatic carbocycles. The molecule has 0 saturated heterocycles. The lowest BCUT2D eigenvalue weighted by molar-refractivity contribution is 0.348. The van der Waals surface area contributed by atoms with E-state index in [1.54, 1.807) is 7.11 Å². The Morgan fingerprint density at radius 3 is 2.76 bits per heavy atom. The molecule has 0 radical (unpaired) electrons. The van der Waals surface area contributed by atoms with Gasteiger partial charge in [0, 0.05) is 31.0 Å². The third-order valence-corrected chi connectivity index (χ3v) is 3.29. The van der Waals surface area contributed by atoms with Crippen molar-refractivity contribution in [2.75, 3.05) is 32.7 Å². The third kappa shape index (κ3) is 4.58. The van der Waals surface area contributed by atoms with Gasteiger partial charge in [0.2, 0.25) is 0 Å². The van der Waals surface area contributed by atoms with Crippen molar-refractivity contribution in [2.24, 2.45) is 5.73 Å². The van der Waals surface area contributed by atoms with Gasteiger partial charge in [-0.05, 0) is 31.0 Å². The van der Waals surface area contributed by atoms with Crippen molar-refractivity contribution >= 4 is 11.8 Å². The minimum atomic E-state index is 0.519. The summed E-state index contributed by atoms with van der Waals surface area (Å²) in [6.45, 7) is 2.58. The number of methoxy groups -OCH3 is 1. The summed E-state index contributed by atoms with van der Waals surface area (Å²) in [5.41, 5.74) is 8.07. The van der Waals surface area contributed by atoms with Crippen molar-refractivity contribution in [2.45, 2.75) is 13.1 Å². The molecule has 0 aromatic heterocycles. The van der Waals surface area contributed by atoms with E-state index in [2.05, 4.69) is 30.3 Å². The maximum atomic E-state index is 5.71. The predicted octanol–water partition coefficient (Wildman–Crippen LogP) is 1.95. The Balaban J connectivity index is 2.65. The average molecular weight is 254 g/mol. The maximum absolute atomic E-state index is 5.71. The van der Waals surface area contributed by atoms with Crippen LogP contribution in [0.25, 0.3) is 0 Å². The Hall–Kier alpha value is -0.710. The van der Waals surface area contributed by atoms with Crippen molar-refractivity contribution in [1.29, 1.82) is 0 Å². The van der Waals surface area contributed by atoms with Crippen LogP contribution in [0.5, 0.6) is 5.75 Å². The lowest BCUT2D eigenvalue weighted by atomic mass is 10.1. The van der Waals surface area contributed by atoms with Crippen LogP contribution in [-0.2, 0) is 13.1 Å². The first kappa shape index (κ1) is 14.4. The van der Waals surface area contributed by atoms with Crippen molar-refractivity contribution in [3.8, 4) is 5.75 Å². The Morgan fingerprint density at radius 1 is 1.41 bits per heavy atom. The SMILES string of the molecule is COc1ccc(CN(C)CCSC)cc1CN. The number of hydrogen-bond acceptors (Lipinski definition) is 4. The van der Waals surface area contributed by atoms with Crippen molar-refractivity contribution in [3.05, 3.63) is 29.3 Å². The highest BCUT2D eigenvalue weighted by molar-refractivity contribution is 7.98. The van der Waals surface area contributed by atoms with Crippen LogP contribution in [0.4, 0.5) is 0 Å². The number of nitrogens with zero attached hydrogens (tertiary/aromatic N) is 1. The molecule has 0 bridgehead atoms. The van der Waals surface area contributed by atoms with Crippen LogP contribution in [0.1, 0.15) is 11.1 Å². The van der Waals surface area contributed by atoms with Gasteiger partial charge in [-0.3, -0.25) is 0 Å². The van der Waals surface area contributed by atoms with E-state index in [1.807, 2.05) is 17.8 Å². The molecule has 1 rings (SSSR count). The highest BCUT2D eigenvalue weighted by Crippen LogP contribution is 2.19. The minimum absolute atomic E-state index is 0.519. The molecule has 3 nitrogen and oxygen atoms in total. The highest BCUT2D eigenvalue weighted by Gasteiger charge is 2.05. The molecule has 96 valence electrons. The summed E-state index contributed by atoms with van der Waals surface area (Å²) in [5, 5.41) is 0. The first-order valence-corrected chi connectivity index (χ1v) is 7.14. The molecule has 0 aliphatic heterocycles. The summed E-state index contributed by atoms with van der Waals surface area (Å²) in [6.07, 6.45) is 2.13. The molecule has 0 aliphatic rings. The number of hydrogen-bond donors (Lipinski definition) is 1. The van der Waals surface area contributed by atoms with Crippen LogP contribution in [0, 0.1) is 0 Å². The Morgan fingerprint density at radius 2 is 2.18 bits per heavy atom. The van der Waals surface area contributed by atoms with E-state index in [1.165, 1.54) is 5.56 Å². The molecule has 0 amide bonds. The van der Waals surface area contributed by atoms with Gasteiger partial charge in [0.25, 0.3) is 0 Å². The summed E-state index contributed by atoms with van der Waals surface area (Å²) in [6, 6.07) is 6.24. The summed E-state index contributed by atoms with van der Waals surface area (Å²) in [5.74, 6) is 2.04. The van der Waals surface area contributed by atoms with Gasteiger partial charge in [-0.25, -0.2) is 0 Å². The van der Waals surface area contributed by atoms with Gasteiger partial charge in [0.1, 0.15) is 5.75 Å². The fourth-order valence-electron chi connectivity index (χ4n) is 1.73. The molecule has 1 aromatic rings. The maximum Gasteiger partial charge on any atom is 0.123 e. The number of benzene rings is 1. The van der Waals surface area contributed by atoms with Crippen LogP contribution >= 0.6 is 11.8 Å². The zero-order valence-corrected chi connectivity index (χ0v) is 11.7. The standard InChI is InChI=1S/C13H22N2OS/c1-15(6-7-17-3)10-11-4-5-13(16-2)12(8-11)9-14/h4-5,8H,6-7,9-10,14H2,1-3H3. The molecule has 0 spiro atoms. The van der Waals surface area contributed by atoms with Crippen LogP contribution in [0.2, 0.25) is 0 Å². The quantitative estimate of drug-likeness (QED) is 0.807. The first-order chi connectivity index (χ1) is 8.21. The number of thioether (sulfide) groups is 1. The van der Waals surface area contributed by atoms with Crippen LogP contribution in [0.3, 0.4) is 0 Å². The zero-order valence-electron chi connectivity index (χ0n) is 10.9. The molecule has 4 heteroatoms. The van der Waals surface area contributed by atoms with Crippen molar-refractivity contribution in [3.63, 3.8) is 0 Å². The Bertz CT molecular complexity index is 344. The van der Waals surface area contributed by atoms with Gasteiger partial charge >= 0.3 is 0 Å². The molecule has 0 fully saturated rings. The Labute approximate surface area is 108 Å². The van der Waals surface area contributed by atoms with Crippen molar-refractivity contribution < 1.29 is 4.74 Å². The second-order valence-corrected chi connectivity index (χ2v) is 5.07. The van der Waals surface area contributed by atoms with Crippen LogP contribution in [0.15, 0.2) is 18.2 Å². The number of ether oxygens (including phenoxy) is 1. The highest BCUT2D eigenvalue weighted by atomic mass is 32.2. The third-order valence-electron chi connectivity index (χ3n) is 2.69. The second kappa shape index (κ2) is 7.58. The number of nitrogens with two attached hydrogens (primary N) is 1. The average Bonchev–Trinajstić information content (AvgIpc) is 2.36. The van der Waals surface area contributed by atoms with E-state index >= 15 is 0 Å². The van der Waals surface area contributed by atoms with E-state index in [4.69, 9.17) is 10.5 Å². The molecule has 0 atom stereocenters. The van der Waals surface area contributed by atoms with E-state index < -0.39 is 0 Å². The largest absolute Gasteiger partial charge is 0.496 e. The van der Waals surface area contributed by atoms with Gasteiger partial charge in [-0.2, -0.15) is 11.8 Å². The van der Waals surface area contributed by atoms with Crippen molar-refractivity contribution in [1.82, 2.24) is 4.90 Å². The smallest absolute Gasteiger partial charge is 0.123 e. The van der Waals surface area contributed by atoms with E-state index in [0.717, 1.165) is 30.2 Å². The molecular weight excluding hydrogens is 232 g/mol. The zero-order chi connectivity index (χ0) is 12.7.